The smallest absolute Gasteiger partial charge is 0.269 e. The van der Waals surface area contributed by atoms with Crippen molar-refractivity contribution in [1.82, 2.24) is 20.6 Å². The number of nitriles is 1. The van der Waals surface area contributed by atoms with Crippen molar-refractivity contribution in [1.29, 1.82) is 10.7 Å². The zero-order valence-electron chi connectivity index (χ0n) is 18.9. The van der Waals surface area contributed by atoms with Crippen LogP contribution in [0.25, 0.3) is 0 Å². The molecule has 1 unspecified atom stereocenters. The maximum absolute atomic E-state index is 12.3. The molecule has 0 aliphatic heterocycles. The van der Waals surface area contributed by atoms with Crippen LogP contribution in [-0.2, 0) is 11.2 Å². The molecule has 174 valence electrons. The standard InChI is InChI=1S/C23H30N8O2/c1-3-16-5-7-17(8-6-16)21(13-24)30-22(32)19(25)15-31(26)12-11-28-23(33)20-10-9-18(14-29-20)27-4-2/h5-10,14,21,25,27H,3-4,11-12,15,26H2,1-2H3,(H,28,33)(H,30,32). The molecule has 6 N–H and O–H groups in total. The van der Waals surface area contributed by atoms with Crippen LogP contribution in [-0.4, -0.2) is 53.7 Å². The Labute approximate surface area is 193 Å². The zero-order chi connectivity index (χ0) is 24.2. The van der Waals surface area contributed by atoms with Gasteiger partial charge in [0.05, 0.1) is 24.5 Å². The Kier molecular flexibility index (Phi) is 9.95. The predicted octanol–water partition coefficient (Wildman–Crippen LogP) is 1.38. The first-order valence-corrected chi connectivity index (χ1v) is 10.7. The van der Waals surface area contributed by atoms with Gasteiger partial charge in [-0.2, -0.15) is 5.26 Å². The highest BCUT2D eigenvalue weighted by molar-refractivity contribution is 6.38. The molecule has 0 spiro atoms. The van der Waals surface area contributed by atoms with E-state index in [1.165, 1.54) is 5.01 Å². The number of pyridine rings is 1. The number of aromatic nitrogens is 1. The van der Waals surface area contributed by atoms with Crippen molar-refractivity contribution in [2.45, 2.75) is 26.3 Å². The fourth-order valence-electron chi connectivity index (χ4n) is 2.95. The fourth-order valence-corrected chi connectivity index (χ4v) is 2.95. The predicted molar refractivity (Wildman–Crippen MR) is 127 cm³/mol. The van der Waals surface area contributed by atoms with Crippen LogP contribution >= 0.6 is 0 Å². The normalized spacial score (nSPS) is 11.4. The van der Waals surface area contributed by atoms with Gasteiger partial charge < -0.3 is 16.0 Å². The Balaban J connectivity index is 1.77. The molecule has 33 heavy (non-hydrogen) atoms. The van der Waals surface area contributed by atoms with Crippen molar-refractivity contribution in [2.75, 3.05) is 31.5 Å². The van der Waals surface area contributed by atoms with E-state index in [0.717, 1.165) is 24.2 Å². The monoisotopic (exact) mass is 450 g/mol. The average Bonchev–Trinajstić information content (AvgIpc) is 2.83. The van der Waals surface area contributed by atoms with Crippen molar-refractivity contribution < 1.29 is 9.59 Å². The molecular weight excluding hydrogens is 420 g/mol. The highest BCUT2D eigenvalue weighted by Crippen LogP contribution is 2.13. The second-order valence-electron chi connectivity index (χ2n) is 7.30. The molecule has 0 bridgehead atoms. The highest BCUT2D eigenvalue weighted by Gasteiger charge is 2.18. The summed E-state index contributed by atoms with van der Waals surface area (Å²) in [4.78, 5) is 28.6. The van der Waals surface area contributed by atoms with E-state index >= 15 is 0 Å². The van der Waals surface area contributed by atoms with Gasteiger partial charge in [0, 0.05) is 19.6 Å². The summed E-state index contributed by atoms with van der Waals surface area (Å²) in [6.07, 6.45) is 2.46. The molecule has 1 aromatic carbocycles. The minimum absolute atomic E-state index is 0.135. The summed E-state index contributed by atoms with van der Waals surface area (Å²) in [6.45, 7) is 5.06. The summed E-state index contributed by atoms with van der Waals surface area (Å²) in [5.41, 5.74) is 2.60. The summed E-state index contributed by atoms with van der Waals surface area (Å²) in [5, 5.41) is 27.0. The van der Waals surface area contributed by atoms with E-state index in [2.05, 4.69) is 20.9 Å². The second kappa shape index (κ2) is 12.9. The van der Waals surface area contributed by atoms with Crippen LogP contribution < -0.4 is 21.8 Å². The molecule has 0 aliphatic carbocycles. The molecule has 0 saturated carbocycles. The molecule has 1 aromatic heterocycles. The van der Waals surface area contributed by atoms with E-state index in [9.17, 15) is 14.9 Å². The number of nitrogens with zero attached hydrogens (tertiary/aromatic N) is 3. The molecule has 0 radical (unpaired) electrons. The maximum Gasteiger partial charge on any atom is 0.269 e. The minimum Gasteiger partial charge on any atom is -0.384 e. The third-order valence-electron chi connectivity index (χ3n) is 4.82. The van der Waals surface area contributed by atoms with Crippen LogP contribution in [0.2, 0.25) is 0 Å². The number of carbonyl (C=O) groups is 2. The van der Waals surface area contributed by atoms with Crippen molar-refractivity contribution in [3.05, 3.63) is 59.4 Å². The summed E-state index contributed by atoms with van der Waals surface area (Å²) < 4.78 is 0. The topological polar surface area (TPSA) is 160 Å². The number of amides is 2. The van der Waals surface area contributed by atoms with E-state index in [-0.39, 0.29) is 36.9 Å². The summed E-state index contributed by atoms with van der Waals surface area (Å²) in [7, 11) is 0. The lowest BCUT2D eigenvalue weighted by atomic mass is 10.0. The first-order chi connectivity index (χ1) is 15.9. The molecule has 0 aliphatic rings. The number of anilines is 1. The van der Waals surface area contributed by atoms with Crippen molar-refractivity contribution >= 4 is 23.2 Å². The van der Waals surface area contributed by atoms with Crippen LogP contribution in [0.5, 0.6) is 0 Å². The van der Waals surface area contributed by atoms with Gasteiger partial charge in [0.25, 0.3) is 11.8 Å². The van der Waals surface area contributed by atoms with Gasteiger partial charge in [0.1, 0.15) is 17.4 Å². The Morgan fingerprint density at radius 1 is 1.21 bits per heavy atom. The number of aryl methyl sites for hydroxylation is 1. The number of benzene rings is 1. The van der Waals surface area contributed by atoms with Crippen LogP contribution in [0.3, 0.4) is 0 Å². The van der Waals surface area contributed by atoms with Crippen molar-refractivity contribution in [2.24, 2.45) is 5.84 Å². The molecule has 10 heteroatoms. The largest absolute Gasteiger partial charge is 0.384 e. The fraction of sp³-hybridized carbons (Fsp3) is 0.348. The maximum atomic E-state index is 12.3. The number of hydrogen-bond acceptors (Lipinski definition) is 8. The molecule has 2 amide bonds. The Bertz CT molecular complexity index is 983. The second-order valence-corrected chi connectivity index (χ2v) is 7.30. The number of carbonyl (C=O) groups excluding carboxylic acids is 2. The van der Waals surface area contributed by atoms with Crippen LogP contribution in [0.15, 0.2) is 42.6 Å². The molecule has 0 fully saturated rings. The van der Waals surface area contributed by atoms with Crippen LogP contribution in [0.1, 0.15) is 41.5 Å². The third-order valence-corrected chi connectivity index (χ3v) is 4.82. The molecular formula is C23H30N8O2. The lowest BCUT2D eigenvalue weighted by Crippen LogP contribution is -2.45. The molecule has 10 nitrogen and oxygen atoms in total. The molecule has 0 saturated heterocycles. The van der Waals surface area contributed by atoms with Crippen molar-refractivity contribution in [3.8, 4) is 6.07 Å². The van der Waals surface area contributed by atoms with E-state index in [4.69, 9.17) is 11.3 Å². The quantitative estimate of drug-likeness (QED) is 0.185. The van der Waals surface area contributed by atoms with Gasteiger partial charge in [-0.1, -0.05) is 31.2 Å². The summed E-state index contributed by atoms with van der Waals surface area (Å²) >= 11 is 0. The van der Waals surface area contributed by atoms with Crippen molar-refractivity contribution in [3.63, 3.8) is 0 Å². The number of rotatable bonds is 12. The van der Waals surface area contributed by atoms with Crippen LogP contribution in [0.4, 0.5) is 5.69 Å². The lowest BCUT2D eigenvalue weighted by molar-refractivity contribution is -0.115. The Hall–Kier alpha value is -3.81. The van der Waals surface area contributed by atoms with Gasteiger partial charge in [0.2, 0.25) is 0 Å². The van der Waals surface area contributed by atoms with Gasteiger partial charge in [-0.05, 0) is 36.6 Å². The van der Waals surface area contributed by atoms with E-state index in [1.54, 1.807) is 30.5 Å². The summed E-state index contributed by atoms with van der Waals surface area (Å²) in [6, 6.07) is 11.9. The van der Waals surface area contributed by atoms with Crippen LogP contribution in [0, 0.1) is 16.7 Å². The minimum atomic E-state index is -0.860. The van der Waals surface area contributed by atoms with Gasteiger partial charge in [-0.25, -0.2) is 9.99 Å². The number of hydrazine groups is 1. The van der Waals surface area contributed by atoms with E-state index < -0.39 is 11.9 Å². The molecule has 1 heterocycles. The van der Waals surface area contributed by atoms with Gasteiger partial charge in [-0.3, -0.25) is 20.8 Å². The van der Waals surface area contributed by atoms with E-state index in [0.29, 0.717) is 5.56 Å². The first-order valence-electron chi connectivity index (χ1n) is 10.7. The zero-order valence-corrected chi connectivity index (χ0v) is 18.9. The SMILES string of the molecule is CCNc1ccc(C(=O)NCCN(N)CC(=N)C(=O)NC(C#N)c2ccc(CC)cc2)nc1. The molecule has 2 aromatic rings. The number of hydrogen-bond donors (Lipinski definition) is 5. The first kappa shape index (κ1) is 25.5. The van der Waals surface area contributed by atoms with Gasteiger partial charge >= 0.3 is 0 Å². The summed E-state index contributed by atoms with van der Waals surface area (Å²) in [5.74, 6) is 4.85. The number of nitrogens with two attached hydrogens (primary N) is 1. The van der Waals surface area contributed by atoms with Gasteiger partial charge in [-0.15, -0.1) is 0 Å². The Morgan fingerprint density at radius 3 is 2.52 bits per heavy atom. The molecule has 2 rings (SSSR count). The lowest BCUT2D eigenvalue weighted by Gasteiger charge is -2.18. The highest BCUT2D eigenvalue weighted by atomic mass is 16.2. The van der Waals surface area contributed by atoms with E-state index in [1.807, 2.05) is 32.0 Å². The average molecular weight is 451 g/mol. The van der Waals surface area contributed by atoms with Gasteiger partial charge in [0.15, 0.2) is 0 Å². The number of nitrogens with one attached hydrogen (secondary N) is 4. The Morgan fingerprint density at radius 2 is 1.94 bits per heavy atom. The third kappa shape index (κ3) is 7.99. The molecule has 1 atom stereocenters.